The lowest BCUT2D eigenvalue weighted by Gasteiger charge is -2.27. The maximum atomic E-state index is 13.5. The smallest absolute Gasteiger partial charge is 0.363 e. The number of nitrogens with two attached hydrogens (primary N) is 2. The normalized spacial score (nSPS) is 18.7. The number of amidine groups is 1. The highest BCUT2D eigenvalue weighted by molar-refractivity contribution is 7.89. The van der Waals surface area contributed by atoms with Gasteiger partial charge in [0.05, 0.1) is 23.6 Å². The van der Waals surface area contributed by atoms with Gasteiger partial charge in [0, 0.05) is 22.4 Å². The summed E-state index contributed by atoms with van der Waals surface area (Å²) >= 11 is 0. The summed E-state index contributed by atoms with van der Waals surface area (Å²) in [7, 11) is -2.81. The molecule has 11 nitrogen and oxygen atoms in total. The van der Waals surface area contributed by atoms with E-state index in [-0.39, 0.29) is 10.7 Å². The molecule has 6 N–H and O–H groups in total. The summed E-state index contributed by atoms with van der Waals surface area (Å²) in [6.07, 6.45) is 0. The van der Waals surface area contributed by atoms with Crippen LogP contribution in [-0.4, -0.2) is 44.6 Å². The van der Waals surface area contributed by atoms with E-state index in [1.54, 1.807) is 73.7 Å². The SMILES string of the molecule is COC(=O)C1(C(=O)Nc2ccc(-c3ccccc3S(N)(=O)=O)cc2)ON=C(c2cccc(C(=N)N)c2)C1C. The van der Waals surface area contributed by atoms with E-state index >= 15 is 0 Å². The number of amides is 1. The Hall–Kier alpha value is -4.55. The number of methoxy groups -OCH3 is 1. The van der Waals surface area contributed by atoms with Crippen LogP contribution < -0.4 is 16.2 Å². The van der Waals surface area contributed by atoms with Crippen molar-refractivity contribution in [3.63, 3.8) is 0 Å². The summed E-state index contributed by atoms with van der Waals surface area (Å²) in [5, 5.41) is 19.7. The lowest BCUT2D eigenvalue weighted by Crippen LogP contribution is -2.55. The molecule has 1 aliphatic heterocycles. The van der Waals surface area contributed by atoms with Gasteiger partial charge in [-0.15, -0.1) is 0 Å². The Morgan fingerprint density at radius 1 is 1.05 bits per heavy atom. The van der Waals surface area contributed by atoms with E-state index < -0.39 is 33.4 Å². The average Bonchev–Trinajstić information content (AvgIpc) is 3.26. The predicted octanol–water partition coefficient (Wildman–Crippen LogP) is 2.21. The predicted molar refractivity (Wildman–Crippen MR) is 141 cm³/mol. The largest absolute Gasteiger partial charge is 0.466 e. The van der Waals surface area contributed by atoms with Crippen LogP contribution in [0.4, 0.5) is 5.69 Å². The maximum Gasteiger partial charge on any atom is 0.363 e. The first-order valence-corrected chi connectivity index (χ1v) is 12.9. The third kappa shape index (κ3) is 4.74. The number of nitrogens with zero attached hydrogens (tertiary/aromatic N) is 1. The summed E-state index contributed by atoms with van der Waals surface area (Å²) in [5.74, 6) is -2.76. The number of carbonyl (C=O) groups is 2. The number of carbonyl (C=O) groups excluding carboxylic acids is 2. The highest BCUT2D eigenvalue weighted by atomic mass is 32.2. The molecule has 3 aromatic rings. The summed E-state index contributed by atoms with van der Waals surface area (Å²) in [4.78, 5) is 31.8. The number of hydrogen-bond acceptors (Lipinski definition) is 8. The number of esters is 1. The van der Waals surface area contributed by atoms with Gasteiger partial charge in [-0.3, -0.25) is 10.2 Å². The summed E-state index contributed by atoms with van der Waals surface area (Å²) in [6.45, 7) is 1.61. The van der Waals surface area contributed by atoms with E-state index in [0.29, 0.717) is 33.7 Å². The third-order valence-electron chi connectivity index (χ3n) is 6.25. The quantitative estimate of drug-likeness (QED) is 0.154. The van der Waals surface area contributed by atoms with Crippen LogP contribution in [-0.2, 0) is 29.2 Å². The van der Waals surface area contributed by atoms with Gasteiger partial charge in [-0.05, 0) is 29.8 Å². The van der Waals surface area contributed by atoms with Crippen molar-refractivity contribution in [2.75, 3.05) is 12.4 Å². The molecule has 12 heteroatoms. The fourth-order valence-corrected chi connectivity index (χ4v) is 4.99. The van der Waals surface area contributed by atoms with E-state index in [1.165, 1.54) is 6.07 Å². The van der Waals surface area contributed by atoms with Crippen molar-refractivity contribution in [1.82, 2.24) is 0 Å². The molecule has 0 saturated carbocycles. The minimum Gasteiger partial charge on any atom is -0.466 e. The Balaban J connectivity index is 1.62. The molecule has 1 aliphatic rings. The number of sulfonamides is 1. The average molecular weight is 536 g/mol. The van der Waals surface area contributed by atoms with Gasteiger partial charge in [0.15, 0.2) is 0 Å². The molecule has 38 heavy (non-hydrogen) atoms. The van der Waals surface area contributed by atoms with Gasteiger partial charge < -0.3 is 20.6 Å². The summed E-state index contributed by atoms with van der Waals surface area (Å²) in [5.41, 5.74) is 6.03. The molecule has 0 radical (unpaired) electrons. The number of primary sulfonamides is 1. The first-order valence-electron chi connectivity index (χ1n) is 11.3. The van der Waals surface area contributed by atoms with Crippen LogP contribution in [0.3, 0.4) is 0 Å². The van der Waals surface area contributed by atoms with Gasteiger partial charge in [0.25, 0.3) is 5.91 Å². The van der Waals surface area contributed by atoms with Gasteiger partial charge in [-0.25, -0.2) is 18.4 Å². The van der Waals surface area contributed by atoms with Gasteiger partial charge in [-0.1, -0.05) is 60.6 Å². The first-order chi connectivity index (χ1) is 18.0. The lowest BCUT2D eigenvalue weighted by molar-refractivity contribution is -0.174. The summed E-state index contributed by atoms with van der Waals surface area (Å²) < 4.78 is 28.8. The van der Waals surface area contributed by atoms with Crippen LogP contribution in [0.25, 0.3) is 11.1 Å². The first kappa shape index (κ1) is 26.5. The topological polar surface area (TPSA) is 187 Å². The summed E-state index contributed by atoms with van der Waals surface area (Å²) in [6, 6.07) is 19.2. The Morgan fingerprint density at radius 3 is 2.37 bits per heavy atom. The Morgan fingerprint density at radius 2 is 1.74 bits per heavy atom. The van der Waals surface area contributed by atoms with Crippen molar-refractivity contribution in [2.24, 2.45) is 21.9 Å². The van der Waals surface area contributed by atoms with Gasteiger partial charge in [-0.2, -0.15) is 0 Å². The molecule has 1 amide bonds. The van der Waals surface area contributed by atoms with Crippen molar-refractivity contribution in [3.8, 4) is 11.1 Å². The van der Waals surface area contributed by atoms with Gasteiger partial charge >= 0.3 is 11.6 Å². The zero-order valence-electron chi connectivity index (χ0n) is 20.5. The minimum atomic E-state index is -3.95. The van der Waals surface area contributed by atoms with E-state index in [1.807, 2.05) is 0 Å². The minimum absolute atomic E-state index is 0.0341. The molecule has 3 aromatic carbocycles. The van der Waals surface area contributed by atoms with Gasteiger partial charge in [0.1, 0.15) is 5.84 Å². The lowest BCUT2D eigenvalue weighted by atomic mass is 9.82. The van der Waals surface area contributed by atoms with Crippen molar-refractivity contribution in [2.45, 2.75) is 17.4 Å². The molecule has 0 aliphatic carbocycles. The number of ether oxygens (including phenoxy) is 1. The van der Waals surface area contributed by atoms with Crippen LogP contribution >= 0.6 is 0 Å². The van der Waals surface area contributed by atoms with Crippen LogP contribution in [0.15, 0.2) is 82.8 Å². The maximum absolute atomic E-state index is 13.5. The number of nitrogens with one attached hydrogen (secondary N) is 2. The van der Waals surface area contributed by atoms with Crippen LogP contribution in [0.5, 0.6) is 0 Å². The molecule has 2 unspecified atom stereocenters. The van der Waals surface area contributed by atoms with Crippen molar-refractivity contribution in [1.29, 1.82) is 5.41 Å². The second-order valence-electron chi connectivity index (χ2n) is 8.58. The number of nitrogen functional groups attached to an aromatic ring is 1. The van der Waals surface area contributed by atoms with Crippen molar-refractivity contribution >= 4 is 39.1 Å². The van der Waals surface area contributed by atoms with E-state index in [2.05, 4.69) is 10.5 Å². The number of hydrogen-bond donors (Lipinski definition) is 4. The van der Waals surface area contributed by atoms with Crippen LogP contribution in [0, 0.1) is 11.3 Å². The van der Waals surface area contributed by atoms with E-state index in [0.717, 1.165) is 7.11 Å². The molecule has 0 bridgehead atoms. The zero-order valence-corrected chi connectivity index (χ0v) is 21.3. The highest BCUT2D eigenvalue weighted by Gasteiger charge is 2.60. The van der Waals surface area contributed by atoms with Crippen molar-refractivity contribution in [3.05, 3.63) is 83.9 Å². The molecule has 0 saturated heterocycles. The monoisotopic (exact) mass is 535 g/mol. The number of oxime groups is 1. The number of anilines is 1. The van der Waals surface area contributed by atoms with E-state index in [4.69, 9.17) is 25.9 Å². The number of rotatable bonds is 7. The standard InChI is InChI=1S/C26H25N5O6S/c1-15-22(17-6-5-7-18(14-17)23(27)28)31-37-26(15,25(33)36-2)24(32)30-19-12-10-16(11-13-19)20-8-3-4-9-21(20)38(29,34)35/h3-15H,1-2H3,(H3,27,28)(H,30,32)(H2,29,34,35). The molecular formula is C26H25N5O6S. The molecule has 0 aromatic heterocycles. The van der Waals surface area contributed by atoms with E-state index in [9.17, 15) is 18.0 Å². The zero-order chi connectivity index (χ0) is 27.7. The highest BCUT2D eigenvalue weighted by Crippen LogP contribution is 2.36. The molecular weight excluding hydrogens is 510 g/mol. The second-order valence-corrected chi connectivity index (χ2v) is 10.1. The Labute approximate surface area is 219 Å². The molecule has 1 heterocycles. The molecule has 2 atom stereocenters. The second kappa shape index (κ2) is 10.1. The third-order valence-corrected chi connectivity index (χ3v) is 7.22. The van der Waals surface area contributed by atoms with Crippen LogP contribution in [0.1, 0.15) is 18.1 Å². The number of benzene rings is 3. The molecule has 0 spiro atoms. The van der Waals surface area contributed by atoms with Crippen molar-refractivity contribution < 1.29 is 27.6 Å². The fraction of sp³-hybridized carbons (Fsp3) is 0.154. The van der Waals surface area contributed by atoms with Gasteiger partial charge in [0.2, 0.25) is 10.0 Å². The molecule has 4 rings (SSSR count). The Bertz CT molecular complexity index is 1570. The molecule has 196 valence electrons. The molecule has 0 fully saturated rings. The Kier molecular flexibility index (Phi) is 7.03. The van der Waals surface area contributed by atoms with Crippen LogP contribution in [0.2, 0.25) is 0 Å². The fourth-order valence-electron chi connectivity index (χ4n) is 4.23.